The van der Waals surface area contributed by atoms with Crippen molar-refractivity contribution in [2.75, 3.05) is 11.4 Å². The Balaban J connectivity index is 1.68. The predicted octanol–water partition coefficient (Wildman–Crippen LogP) is 3.83. The maximum Gasteiger partial charge on any atom is 0.272 e. The maximum absolute atomic E-state index is 13.6. The van der Waals surface area contributed by atoms with Crippen molar-refractivity contribution in [1.82, 2.24) is 14.3 Å². The molecule has 1 aliphatic rings. The SMILES string of the molecule is C=C(C)n1cc(C)[n+](C(CC)C(=O)N2CCCc3c2cnn3-c2ccc(F)cc2)c1. The van der Waals surface area contributed by atoms with E-state index in [1.165, 1.54) is 12.1 Å². The van der Waals surface area contributed by atoms with Crippen molar-refractivity contribution in [1.29, 1.82) is 0 Å². The second kappa shape index (κ2) is 7.89. The van der Waals surface area contributed by atoms with Crippen LogP contribution in [0.2, 0.25) is 0 Å². The summed E-state index contributed by atoms with van der Waals surface area (Å²) in [5.74, 6) is -0.221. The average Bonchev–Trinajstić information content (AvgIpc) is 3.33. The Morgan fingerprint density at radius 3 is 2.70 bits per heavy atom. The van der Waals surface area contributed by atoms with Crippen LogP contribution in [0.15, 0.2) is 49.6 Å². The fourth-order valence-corrected chi connectivity index (χ4v) is 4.11. The lowest BCUT2D eigenvalue weighted by Crippen LogP contribution is -2.51. The zero-order valence-electron chi connectivity index (χ0n) is 17.7. The molecule has 1 aliphatic heterocycles. The third-order valence-corrected chi connectivity index (χ3v) is 5.70. The van der Waals surface area contributed by atoms with Gasteiger partial charge in [-0.15, -0.1) is 0 Å². The number of hydrogen-bond donors (Lipinski definition) is 0. The van der Waals surface area contributed by atoms with E-state index in [9.17, 15) is 9.18 Å². The highest BCUT2D eigenvalue weighted by molar-refractivity contribution is 5.96. The van der Waals surface area contributed by atoms with Crippen LogP contribution >= 0.6 is 0 Å². The Bertz CT molecular complexity index is 1100. The molecule has 4 rings (SSSR count). The number of aromatic nitrogens is 4. The maximum atomic E-state index is 13.6. The minimum atomic E-state index is -0.300. The number of carbonyl (C=O) groups excluding carboxylic acids is 1. The lowest BCUT2D eigenvalue weighted by molar-refractivity contribution is -0.714. The van der Waals surface area contributed by atoms with Gasteiger partial charge in [0.2, 0.25) is 6.33 Å². The van der Waals surface area contributed by atoms with Gasteiger partial charge in [0.25, 0.3) is 5.91 Å². The van der Waals surface area contributed by atoms with Gasteiger partial charge in [0.1, 0.15) is 17.7 Å². The van der Waals surface area contributed by atoms with E-state index >= 15 is 0 Å². The fourth-order valence-electron chi connectivity index (χ4n) is 4.11. The number of imidazole rings is 1. The number of hydrogen-bond acceptors (Lipinski definition) is 2. The standard InChI is InChI=1S/C23H27FN5O/c1-5-20(28-15-26(16(2)3)14-17(28)4)23(30)27-12-6-7-21-22(27)13-25-29(21)19-10-8-18(24)9-11-19/h8-11,13-15,20H,2,5-7,12H2,1,3-4H3/q+1. The van der Waals surface area contributed by atoms with Gasteiger partial charge in [-0.2, -0.15) is 5.10 Å². The number of rotatable bonds is 5. The first-order valence-electron chi connectivity index (χ1n) is 10.3. The Labute approximate surface area is 175 Å². The highest BCUT2D eigenvalue weighted by atomic mass is 19.1. The van der Waals surface area contributed by atoms with Crippen LogP contribution in [0.4, 0.5) is 10.1 Å². The van der Waals surface area contributed by atoms with E-state index < -0.39 is 0 Å². The number of benzene rings is 1. The van der Waals surface area contributed by atoms with Crippen molar-refractivity contribution in [3.05, 3.63) is 66.8 Å². The molecule has 6 nitrogen and oxygen atoms in total. The molecule has 1 unspecified atom stereocenters. The van der Waals surface area contributed by atoms with Gasteiger partial charge in [0, 0.05) is 13.5 Å². The number of halogens is 1. The van der Waals surface area contributed by atoms with E-state index in [2.05, 4.69) is 11.7 Å². The van der Waals surface area contributed by atoms with Crippen LogP contribution in [0.3, 0.4) is 0 Å². The third kappa shape index (κ3) is 3.44. The third-order valence-electron chi connectivity index (χ3n) is 5.70. The molecule has 0 fully saturated rings. The molecule has 30 heavy (non-hydrogen) atoms. The number of nitrogens with zero attached hydrogens (tertiary/aromatic N) is 5. The molecule has 7 heteroatoms. The zero-order chi connectivity index (χ0) is 21.4. The summed E-state index contributed by atoms with van der Waals surface area (Å²) in [4.78, 5) is 15.5. The van der Waals surface area contributed by atoms with E-state index in [-0.39, 0.29) is 17.8 Å². The van der Waals surface area contributed by atoms with Gasteiger partial charge in [0.05, 0.1) is 29.0 Å². The molecule has 0 spiro atoms. The van der Waals surface area contributed by atoms with Crippen LogP contribution in [0.25, 0.3) is 11.4 Å². The average molecular weight is 409 g/mol. The first-order valence-corrected chi connectivity index (χ1v) is 10.3. The molecule has 156 valence electrons. The molecular formula is C23H27FN5O+. The summed E-state index contributed by atoms with van der Waals surface area (Å²) in [6.07, 6.45) is 8.05. The molecule has 0 bridgehead atoms. The fraction of sp³-hybridized carbons (Fsp3) is 0.348. The van der Waals surface area contributed by atoms with Crippen molar-refractivity contribution < 1.29 is 13.8 Å². The first kappa shape index (κ1) is 20.1. The van der Waals surface area contributed by atoms with Crippen molar-refractivity contribution in [3.8, 4) is 5.69 Å². The molecule has 3 heterocycles. The van der Waals surface area contributed by atoms with Crippen LogP contribution < -0.4 is 9.47 Å². The van der Waals surface area contributed by atoms with Gasteiger partial charge in [-0.25, -0.2) is 18.2 Å². The van der Waals surface area contributed by atoms with Crippen LogP contribution in [-0.2, 0) is 11.2 Å². The summed E-state index contributed by atoms with van der Waals surface area (Å²) < 4.78 is 19.1. The molecule has 1 aromatic carbocycles. The van der Waals surface area contributed by atoms with Crippen molar-refractivity contribution in [2.24, 2.45) is 0 Å². The van der Waals surface area contributed by atoms with E-state index in [0.29, 0.717) is 13.0 Å². The number of anilines is 1. The van der Waals surface area contributed by atoms with Crippen LogP contribution in [0, 0.1) is 12.7 Å². The number of amides is 1. The van der Waals surface area contributed by atoms with Gasteiger partial charge in [-0.1, -0.05) is 13.5 Å². The Morgan fingerprint density at radius 1 is 1.33 bits per heavy atom. The summed E-state index contributed by atoms with van der Waals surface area (Å²) in [5, 5.41) is 4.51. The summed E-state index contributed by atoms with van der Waals surface area (Å²) in [7, 11) is 0. The summed E-state index contributed by atoms with van der Waals surface area (Å²) in [6, 6.07) is 5.96. The Hall–Kier alpha value is -3.22. The van der Waals surface area contributed by atoms with Crippen LogP contribution in [0.1, 0.15) is 44.1 Å². The van der Waals surface area contributed by atoms with Gasteiger partial charge < -0.3 is 4.90 Å². The lowest BCUT2D eigenvalue weighted by Gasteiger charge is -2.29. The minimum Gasteiger partial charge on any atom is -0.306 e. The van der Waals surface area contributed by atoms with Crippen molar-refractivity contribution >= 4 is 17.3 Å². The normalized spacial score (nSPS) is 14.5. The summed E-state index contributed by atoms with van der Waals surface area (Å²) >= 11 is 0. The van der Waals surface area contributed by atoms with E-state index in [1.54, 1.807) is 18.3 Å². The number of carbonyl (C=O) groups is 1. The molecule has 0 saturated heterocycles. The van der Waals surface area contributed by atoms with E-state index in [4.69, 9.17) is 0 Å². The van der Waals surface area contributed by atoms with E-state index in [1.807, 2.05) is 52.0 Å². The molecule has 2 aromatic heterocycles. The van der Waals surface area contributed by atoms with E-state index in [0.717, 1.165) is 41.3 Å². The molecule has 0 aliphatic carbocycles. The second-order valence-corrected chi connectivity index (χ2v) is 7.82. The highest BCUT2D eigenvalue weighted by Gasteiger charge is 2.34. The highest BCUT2D eigenvalue weighted by Crippen LogP contribution is 2.30. The second-order valence-electron chi connectivity index (χ2n) is 7.82. The Kier molecular flexibility index (Phi) is 5.28. The molecule has 0 saturated carbocycles. The molecule has 3 aromatic rings. The topological polar surface area (TPSA) is 46.9 Å². The smallest absolute Gasteiger partial charge is 0.272 e. The van der Waals surface area contributed by atoms with Crippen molar-refractivity contribution in [2.45, 2.75) is 46.1 Å². The van der Waals surface area contributed by atoms with Crippen LogP contribution in [-0.4, -0.2) is 26.8 Å². The molecule has 0 N–H and O–H groups in total. The minimum absolute atomic E-state index is 0.0599. The largest absolute Gasteiger partial charge is 0.306 e. The van der Waals surface area contributed by atoms with Gasteiger partial charge in [-0.3, -0.25) is 4.79 Å². The monoisotopic (exact) mass is 408 g/mol. The summed E-state index contributed by atoms with van der Waals surface area (Å²) in [5.41, 5.74) is 4.53. The quantitative estimate of drug-likeness (QED) is 0.603. The molecule has 1 amide bonds. The molecular weight excluding hydrogens is 381 g/mol. The van der Waals surface area contributed by atoms with Gasteiger partial charge in [0.15, 0.2) is 6.04 Å². The number of fused-ring (bicyclic) bond motifs is 1. The van der Waals surface area contributed by atoms with Crippen LogP contribution in [0.5, 0.6) is 0 Å². The predicted molar refractivity (Wildman–Crippen MR) is 114 cm³/mol. The zero-order valence-corrected chi connectivity index (χ0v) is 17.7. The number of aryl methyl sites for hydroxylation is 1. The Morgan fingerprint density at radius 2 is 2.07 bits per heavy atom. The lowest BCUT2D eigenvalue weighted by atomic mass is 10.1. The van der Waals surface area contributed by atoms with Crippen molar-refractivity contribution in [3.63, 3.8) is 0 Å². The van der Waals surface area contributed by atoms with Gasteiger partial charge >= 0.3 is 0 Å². The number of allylic oxidation sites excluding steroid dienone is 1. The molecule has 0 radical (unpaired) electrons. The summed E-state index contributed by atoms with van der Waals surface area (Å²) in [6.45, 7) is 10.6. The first-order chi connectivity index (χ1) is 14.4. The van der Waals surface area contributed by atoms with Gasteiger partial charge in [-0.05, 0) is 50.5 Å². The molecule has 1 atom stereocenters.